The average molecular weight is 392 g/mol. The summed E-state index contributed by atoms with van der Waals surface area (Å²) in [7, 11) is 0. The van der Waals surface area contributed by atoms with Crippen LogP contribution in [0.25, 0.3) is 0 Å². The third-order valence-electron chi connectivity index (χ3n) is 2.99. The van der Waals surface area contributed by atoms with Gasteiger partial charge in [0.2, 0.25) is 0 Å². The topological polar surface area (TPSA) is 180 Å². The molecule has 2 atom stereocenters. The van der Waals surface area contributed by atoms with E-state index in [-0.39, 0.29) is 25.9 Å². The maximum absolute atomic E-state index is 11.5. The zero-order valence-corrected chi connectivity index (χ0v) is 14.5. The van der Waals surface area contributed by atoms with Crippen LogP contribution in [0.15, 0.2) is 0 Å². The van der Waals surface area contributed by atoms with Crippen molar-refractivity contribution in [3.05, 3.63) is 0 Å². The van der Waals surface area contributed by atoms with Gasteiger partial charge in [-0.3, -0.25) is 19.2 Å². The fraction of sp³-hybridized carbons (Fsp3) is 0.600. The number of carbonyl (C=O) groups is 6. The summed E-state index contributed by atoms with van der Waals surface area (Å²) in [5.74, 6) is -6.48. The van der Waals surface area contributed by atoms with Crippen LogP contribution in [0.1, 0.15) is 26.2 Å². The number of carboxylic acids is 2. The molecule has 0 aromatic rings. The SMILES string of the molecule is CC(OC=O)C(=O)OCC(CCC(=O)OCC(=O)OCCC(=O)O)C(=O)O. The molecule has 0 bridgehead atoms. The lowest BCUT2D eigenvalue weighted by Gasteiger charge is -2.14. The van der Waals surface area contributed by atoms with Crippen LogP contribution in [-0.4, -0.2) is 72.5 Å². The zero-order chi connectivity index (χ0) is 20.8. The van der Waals surface area contributed by atoms with Crippen molar-refractivity contribution in [1.29, 1.82) is 0 Å². The summed E-state index contributed by atoms with van der Waals surface area (Å²) < 4.78 is 18.1. The number of esters is 3. The van der Waals surface area contributed by atoms with Crippen LogP contribution in [0.3, 0.4) is 0 Å². The van der Waals surface area contributed by atoms with Crippen molar-refractivity contribution in [3.63, 3.8) is 0 Å². The van der Waals surface area contributed by atoms with E-state index in [4.69, 9.17) is 14.9 Å². The van der Waals surface area contributed by atoms with E-state index in [1.807, 2.05) is 0 Å². The molecular weight excluding hydrogens is 372 g/mol. The van der Waals surface area contributed by atoms with Gasteiger partial charge in [-0.15, -0.1) is 0 Å². The quantitative estimate of drug-likeness (QED) is 0.212. The van der Waals surface area contributed by atoms with E-state index in [1.165, 1.54) is 6.92 Å². The largest absolute Gasteiger partial charge is 0.481 e. The number of carboxylic acid groups (broad SMARTS) is 2. The Kier molecular flexibility index (Phi) is 11.5. The lowest BCUT2D eigenvalue weighted by Crippen LogP contribution is -2.28. The van der Waals surface area contributed by atoms with Gasteiger partial charge in [0.15, 0.2) is 12.7 Å². The Morgan fingerprint density at radius 3 is 2.19 bits per heavy atom. The molecule has 0 amide bonds. The van der Waals surface area contributed by atoms with E-state index >= 15 is 0 Å². The second kappa shape index (κ2) is 13.1. The molecule has 0 aromatic carbocycles. The molecular formula is C15H20O12. The first-order chi connectivity index (χ1) is 12.7. The van der Waals surface area contributed by atoms with E-state index in [1.54, 1.807) is 0 Å². The van der Waals surface area contributed by atoms with Crippen LogP contribution < -0.4 is 0 Å². The number of ether oxygens (including phenoxy) is 4. The minimum Gasteiger partial charge on any atom is -0.481 e. The molecule has 12 heteroatoms. The lowest BCUT2D eigenvalue weighted by atomic mass is 10.0. The van der Waals surface area contributed by atoms with Crippen molar-refractivity contribution >= 4 is 36.3 Å². The van der Waals surface area contributed by atoms with Gasteiger partial charge in [0, 0.05) is 6.42 Å². The van der Waals surface area contributed by atoms with E-state index in [0.29, 0.717) is 0 Å². The normalized spacial score (nSPS) is 12.2. The molecule has 0 saturated heterocycles. The molecule has 0 aliphatic rings. The van der Waals surface area contributed by atoms with Crippen LogP contribution in [-0.2, 0) is 47.7 Å². The molecule has 0 aromatic heterocycles. The molecule has 27 heavy (non-hydrogen) atoms. The highest BCUT2D eigenvalue weighted by atomic mass is 16.6. The van der Waals surface area contributed by atoms with Gasteiger partial charge in [-0.05, 0) is 13.3 Å². The number of carbonyl (C=O) groups excluding carboxylic acids is 4. The highest BCUT2D eigenvalue weighted by Crippen LogP contribution is 2.10. The lowest BCUT2D eigenvalue weighted by molar-refractivity contribution is -0.164. The van der Waals surface area contributed by atoms with Gasteiger partial charge in [-0.1, -0.05) is 0 Å². The van der Waals surface area contributed by atoms with Gasteiger partial charge >= 0.3 is 29.8 Å². The fourth-order valence-electron chi connectivity index (χ4n) is 1.51. The number of hydrogen-bond acceptors (Lipinski definition) is 10. The molecule has 0 rings (SSSR count). The second-order valence-corrected chi connectivity index (χ2v) is 5.10. The van der Waals surface area contributed by atoms with Crippen LogP contribution in [0.4, 0.5) is 0 Å². The first-order valence-electron chi connectivity index (χ1n) is 7.69. The maximum atomic E-state index is 11.5. The van der Waals surface area contributed by atoms with Crippen LogP contribution >= 0.6 is 0 Å². The van der Waals surface area contributed by atoms with Gasteiger partial charge in [0.1, 0.15) is 13.2 Å². The highest BCUT2D eigenvalue weighted by molar-refractivity contribution is 5.78. The van der Waals surface area contributed by atoms with Crippen LogP contribution in [0.2, 0.25) is 0 Å². The van der Waals surface area contributed by atoms with Crippen molar-refractivity contribution < 1.29 is 57.9 Å². The molecule has 2 N–H and O–H groups in total. The molecule has 0 aliphatic carbocycles. The third-order valence-corrected chi connectivity index (χ3v) is 2.99. The van der Waals surface area contributed by atoms with Crippen molar-refractivity contribution in [2.45, 2.75) is 32.3 Å². The summed E-state index contributed by atoms with van der Waals surface area (Å²) in [6, 6.07) is 0. The van der Waals surface area contributed by atoms with Crippen molar-refractivity contribution in [2.75, 3.05) is 19.8 Å². The summed E-state index contributed by atoms with van der Waals surface area (Å²) >= 11 is 0. The Morgan fingerprint density at radius 1 is 0.963 bits per heavy atom. The first-order valence-corrected chi connectivity index (χ1v) is 7.69. The van der Waals surface area contributed by atoms with Gasteiger partial charge in [0.05, 0.1) is 12.3 Å². The minimum atomic E-state index is -1.33. The molecule has 0 radical (unpaired) electrons. The van der Waals surface area contributed by atoms with E-state index in [2.05, 4.69) is 14.2 Å². The molecule has 12 nitrogen and oxygen atoms in total. The van der Waals surface area contributed by atoms with Crippen molar-refractivity contribution in [2.24, 2.45) is 5.92 Å². The Bertz CT molecular complexity index is 555. The summed E-state index contributed by atoms with van der Waals surface area (Å²) in [6.07, 6.45) is -2.21. The number of hydrogen-bond donors (Lipinski definition) is 2. The zero-order valence-electron chi connectivity index (χ0n) is 14.5. The Balaban J connectivity index is 4.18. The molecule has 0 saturated carbocycles. The van der Waals surface area contributed by atoms with Crippen LogP contribution in [0, 0.1) is 5.92 Å². The van der Waals surface area contributed by atoms with Crippen molar-refractivity contribution in [3.8, 4) is 0 Å². The average Bonchev–Trinajstić information content (AvgIpc) is 2.59. The van der Waals surface area contributed by atoms with Gasteiger partial charge in [-0.2, -0.15) is 0 Å². The Morgan fingerprint density at radius 2 is 1.63 bits per heavy atom. The minimum absolute atomic E-state index is 0.0449. The number of rotatable bonds is 14. The second-order valence-electron chi connectivity index (χ2n) is 5.10. The van der Waals surface area contributed by atoms with E-state index in [0.717, 1.165) is 0 Å². The molecule has 0 fully saturated rings. The summed E-state index contributed by atoms with van der Waals surface area (Å²) in [4.78, 5) is 65.6. The maximum Gasteiger partial charge on any atom is 0.347 e. The van der Waals surface area contributed by atoms with E-state index < -0.39 is 61.5 Å². The van der Waals surface area contributed by atoms with E-state index in [9.17, 15) is 28.8 Å². The Hall–Kier alpha value is -3.18. The van der Waals surface area contributed by atoms with Crippen LogP contribution in [0.5, 0.6) is 0 Å². The van der Waals surface area contributed by atoms with Gasteiger partial charge in [0.25, 0.3) is 6.47 Å². The van der Waals surface area contributed by atoms with Gasteiger partial charge in [-0.25, -0.2) is 9.59 Å². The summed E-state index contributed by atoms with van der Waals surface area (Å²) in [5, 5.41) is 17.4. The standard InChI is InChI=1S/C15H20O12/c1-9(27-8-16)15(23)26-6-10(14(21)22)2-3-12(19)25-7-13(20)24-5-4-11(17)18/h8-10H,2-7H2,1H3,(H,17,18)(H,21,22). The summed E-state index contributed by atoms with van der Waals surface area (Å²) in [6.45, 7) is -0.385. The third kappa shape index (κ3) is 11.9. The predicted molar refractivity (Wildman–Crippen MR) is 82.1 cm³/mol. The summed E-state index contributed by atoms with van der Waals surface area (Å²) in [5.41, 5.74) is 0. The number of aliphatic carboxylic acids is 2. The molecule has 152 valence electrons. The predicted octanol–water partition coefficient (Wildman–Crippen LogP) is -0.867. The molecule has 0 aliphatic heterocycles. The van der Waals surface area contributed by atoms with Crippen molar-refractivity contribution in [1.82, 2.24) is 0 Å². The highest BCUT2D eigenvalue weighted by Gasteiger charge is 2.24. The molecule has 0 spiro atoms. The monoisotopic (exact) mass is 392 g/mol. The smallest absolute Gasteiger partial charge is 0.347 e. The molecule has 0 heterocycles. The first kappa shape index (κ1) is 23.8. The van der Waals surface area contributed by atoms with Gasteiger partial charge < -0.3 is 29.2 Å². The molecule has 2 unspecified atom stereocenters. The fourth-order valence-corrected chi connectivity index (χ4v) is 1.51. The Labute approximate surface area is 153 Å².